The molecule has 1 saturated heterocycles. The summed E-state index contributed by atoms with van der Waals surface area (Å²) in [5.41, 5.74) is 8.75. The number of hydrogen-bond donors (Lipinski definition) is 1. The Balaban J connectivity index is 2.18. The summed E-state index contributed by atoms with van der Waals surface area (Å²) in [4.78, 5) is 0. The van der Waals surface area contributed by atoms with E-state index in [0.717, 1.165) is 6.54 Å². The van der Waals surface area contributed by atoms with Gasteiger partial charge in [-0.15, -0.1) is 0 Å². The molecule has 23 heavy (non-hydrogen) atoms. The average Bonchev–Trinajstić information content (AvgIpc) is 2.53. The van der Waals surface area contributed by atoms with Crippen molar-refractivity contribution in [3.05, 3.63) is 58.7 Å². The lowest BCUT2D eigenvalue weighted by molar-refractivity contribution is 0.480. The monoisotopic (exact) mass is 305 g/mol. The van der Waals surface area contributed by atoms with Crippen LogP contribution in [0.3, 0.4) is 0 Å². The van der Waals surface area contributed by atoms with Crippen molar-refractivity contribution in [2.24, 2.45) is 0 Å². The molecule has 1 heterocycles. The first-order valence-corrected chi connectivity index (χ1v) is 8.95. The minimum absolute atomic E-state index is 0.456. The number of benzene rings is 2. The lowest BCUT2D eigenvalue weighted by Gasteiger charge is -2.33. The lowest BCUT2D eigenvalue weighted by Crippen LogP contribution is -2.61. The molecule has 1 aliphatic rings. The van der Waals surface area contributed by atoms with Crippen molar-refractivity contribution >= 4 is 17.6 Å². The van der Waals surface area contributed by atoms with Gasteiger partial charge in [-0.1, -0.05) is 76.0 Å². The molecule has 2 aromatic rings. The summed E-state index contributed by atoms with van der Waals surface area (Å²) >= 11 is 0. The first-order chi connectivity index (χ1) is 11.1. The van der Waals surface area contributed by atoms with Crippen LogP contribution in [0.15, 0.2) is 36.4 Å². The summed E-state index contributed by atoms with van der Waals surface area (Å²) in [5, 5.41) is 3.83. The molecular weight excluding hydrogens is 277 g/mol. The molecule has 1 unspecified atom stereocenters. The Bertz CT molecular complexity index is 594. The third kappa shape index (κ3) is 3.23. The highest BCUT2D eigenvalue weighted by Gasteiger charge is 2.34. The van der Waals surface area contributed by atoms with Crippen molar-refractivity contribution in [3.8, 4) is 0 Å². The molecule has 0 aromatic heterocycles. The van der Waals surface area contributed by atoms with Crippen molar-refractivity contribution in [2.45, 2.75) is 52.9 Å². The largest absolute Gasteiger partial charge is 0.320 e. The number of nitrogens with one attached hydrogen (secondary N) is 1. The van der Waals surface area contributed by atoms with Gasteiger partial charge in [0.2, 0.25) is 6.71 Å². The first-order valence-electron chi connectivity index (χ1n) is 8.95. The minimum Gasteiger partial charge on any atom is -0.320 e. The fraction of sp³-hybridized carbons (Fsp3) is 0.429. The molecule has 0 spiro atoms. The molecule has 1 atom stereocenters. The topological polar surface area (TPSA) is 12.0 Å². The van der Waals surface area contributed by atoms with Gasteiger partial charge >= 0.3 is 0 Å². The summed E-state index contributed by atoms with van der Waals surface area (Å²) in [6, 6.07) is 13.4. The van der Waals surface area contributed by atoms with Crippen LogP contribution in [0, 0.1) is 27.7 Å². The third-order valence-corrected chi connectivity index (χ3v) is 5.46. The van der Waals surface area contributed by atoms with Crippen molar-refractivity contribution in [1.29, 1.82) is 0 Å². The number of hydrogen-bond acceptors (Lipinski definition) is 1. The Morgan fingerprint density at radius 2 is 1.26 bits per heavy atom. The summed E-state index contributed by atoms with van der Waals surface area (Å²) < 4.78 is 0. The highest BCUT2D eigenvalue weighted by molar-refractivity contribution is 6.87. The molecule has 120 valence electrons. The highest BCUT2D eigenvalue weighted by Crippen LogP contribution is 2.16. The van der Waals surface area contributed by atoms with Gasteiger partial charge in [-0.05, 0) is 53.0 Å². The van der Waals surface area contributed by atoms with Crippen molar-refractivity contribution < 1.29 is 0 Å². The second kappa shape index (κ2) is 6.92. The molecule has 0 radical (unpaired) electrons. The summed E-state index contributed by atoms with van der Waals surface area (Å²) in [5.74, 6) is 0.545. The van der Waals surface area contributed by atoms with E-state index in [9.17, 15) is 0 Å². The molecule has 0 aliphatic carbocycles. The number of aryl methyl sites for hydroxylation is 4. The van der Waals surface area contributed by atoms with Crippen LogP contribution >= 0.6 is 0 Å². The predicted molar refractivity (Wildman–Crippen MR) is 102 cm³/mol. The second-order valence-electron chi connectivity index (χ2n) is 7.15. The first kappa shape index (κ1) is 16.3. The van der Waals surface area contributed by atoms with Crippen LogP contribution in [0.25, 0.3) is 0 Å². The van der Waals surface area contributed by atoms with Gasteiger partial charge in [-0.2, -0.15) is 0 Å². The van der Waals surface area contributed by atoms with Crippen LogP contribution in [0.5, 0.6) is 0 Å². The van der Waals surface area contributed by atoms with E-state index in [2.05, 4.69) is 69.4 Å². The molecule has 3 rings (SSSR count). The van der Waals surface area contributed by atoms with E-state index < -0.39 is 0 Å². The maximum absolute atomic E-state index is 3.83. The van der Waals surface area contributed by atoms with Crippen molar-refractivity contribution in [2.75, 3.05) is 6.54 Å². The van der Waals surface area contributed by atoms with E-state index in [1.807, 2.05) is 0 Å². The van der Waals surface area contributed by atoms with E-state index >= 15 is 0 Å². The zero-order valence-electron chi connectivity index (χ0n) is 14.9. The Hall–Kier alpha value is -1.54. The van der Waals surface area contributed by atoms with Gasteiger partial charge in [0.05, 0.1) is 0 Å². The van der Waals surface area contributed by atoms with Crippen LogP contribution in [0.1, 0.15) is 41.5 Å². The lowest BCUT2D eigenvalue weighted by atomic mass is 9.32. The zero-order valence-corrected chi connectivity index (χ0v) is 14.9. The second-order valence-corrected chi connectivity index (χ2v) is 7.15. The third-order valence-electron chi connectivity index (χ3n) is 5.46. The van der Waals surface area contributed by atoms with Gasteiger partial charge in [0.1, 0.15) is 0 Å². The zero-order chi connectivity index (χ0) is 16.4. The molecule has 2 aromatic carbocycles. The molecule has 1 N–H and O–H groups in total. The van der Waals surface area contributed by atoms with Gasteiger partial charge in [0.25, 0.3) is 0 Å². The Morgan fingerprint density at radius 1 is 0.783 bits per heavy atom. The minimum atomic E-state index is 0.456. The van der Waals surface area contributed by atoms with Crippen molar-refractivity contribution in [3.63, 3.8) is 0 Å². The number of rotatable bonds is 3. The highest BCUT2D eigenvalue weighted by atomic mass is 14.9. The Labute approximate surface area is 141 Å². The molecule has 0 bridgehead atoms. The Kier molecular flexibility index (Phi) is 4.91. The summed E-state index contributed by atoms with van der Waals surface area (Å²) in [7, 11) is 0. The van der Waals surface area contributed by atoms with E-state index in [-0.39, 0.29) is 0 Å². The van der Waals surface area contributed by atoms with Crippen molar-refractivity contribution in [1.82, 2.24) is 5.32 Å². The van der Waals surface area contributed by atoms with Gasteiger partial charge in [-0.25, -0.2) is 0 Å². The smallest absolute Gasteiger partial charge is 0.228 e. The molecular formula is C21H28BN. The normalized spacial score (nSPS) is 18.0. The maximum Gasteiger partial charge on any atom is 0.228 e. The fourth-order valence-electron chi connectivity index (χ4n) is 4.35. The summed E-state index contributed by atoms with van der Waals surface area (Å²) in [6.45, 7) is 10.7. The van der Waals surface area contributed by atoms with E-state index in [4.69, 9.17) is 0 Å². The average molecular weight is 305 g/mol. The van der Waals surface area contributed by atoms with Crippen LogP contribution in [-0.2, 0) is 0 Å². The number of piperidine rings is 1. The van der Waals surface area contributed by atoms with Gasteiger partial charge in [0, 0.05) is 0 Å². The van der Waals surface area contributed by atoms with Crippen LogP contribution in [-0.4, -0.2) is 19.2 Å². The van der Waals surface area contributed by atoms with Gasteiger partial charge in [-0.3, -0.25) is 0 Å². The van der Waals surface area contributed by atoms with Gasteiger partial charge < -0.3 is 5.32 Å². The molecule has 1 fully saturated rings. The van der Waals surface area contributed by atoms with E-state index in [1.54, 1.807) is 0 Å². The Morgan fingerprint density at radius 3 is 1.65 bits per heavy atom. The molecule has 0 amide bonds. The van der Waals surface area contributed by atoms with Crippen LogP contribution in [0.4, 0.5) is 0 Å². The van der Waals surface area contributed by atoms with Crippen LogP contribution < -0.4 is 16.2 Å². The molecule has 1 nitrogen and oxygen atoms in total. The van der Waals surface area contributed by atoms with E-state index in [0.29, 0.717) is 12.7 Å². The molecule has 1 aliphatic heterocycles. The van der Waals surface area contributed by atoms with E-state index in [1.165, 1.54) is 52.4 Å². The molecule has 0 saturated carbocycles. The maximum atomic E-state index is 3.83. The summed E-state index contributed by atoms with van der Waals surface area (Å²) in [6.07, 6.45) is 3.92. The SMILES string of the molecule is Cc1cccc(C)c1B(c1c(C)cccc1C)C1CCCCN1. The predicted octanol–water partition coefficient (Wildman–Crippen LogP) is 3.21. The van der Waals surface area contributed by atoms with Gasteiger partial charge in [0.15, 0.2) is 0 Å². The standard InChI is InChI=1S/C21H28BN/c1-15-9-7-10-16(2)20(15)22(19-13-5-6-14-23-19)21-17(3)11-8-12-18(21)4/h7-12,19,23H,5-6,13-14H2,1-4H3. The quantitative estimate of drug-likeness (QED) is 0.859. The van der Waals surface area contributed by atoms with Crippen LogP contribution in [0.2, 0.25) is 0 Å². The molecule has 2 heteroatoms. The fourth-order valence-corrected chi connectivity index (χ4v) is 4.35.